The van der Waals surface area contributed by atoms with Crippen LogP contribution in [0.3, 0.4) is 0 Å². The van der Waals surface area contributed by atoms with Gasteiger partial charge < -0.3 is 20.4 Å². The molecule has 1 aromatic heterocycles. The van der Waals surface area contributed by atoms with E-state index in [-0.39, 0.29) is 5.84 Å². The average Bonchev–Trinajstić information content (AvgIpc) is 2.45. The smallest absolute Gasteiger partial charge is 0.213 e. The third kappa shape index (κ3) is 3.33. The van der Waals surface area contributed by atoms with Gasteiger partial charge in [-0.25, -0.2) is 4.98 Å². The molecule has 0 unspecified atom stereocenters. The molecule has 0 aromatic carbocycles. The van der Waals surface area contributed by atoms with Gasteiger partial charge in [0.25, 0.3) is 0 Å². The molecular formula is C12H17N3O3. The number of ether oxygens (including phenoxy) is 2. The van der Waals surface area contributed by atoms with Crippen molar-refractivity contribution in [3.8, 4) is 5.88 Å². The van der Waals surface area contributed by atoms with Crippen molar-refractivity contribution in [1.29, 1.82) is 0 Å². The van der Waals surface area contributed by atoms with Crippen molar-refractivity contribution < 1.29 is 14.7 Å². The zero-order chi connectivity index (χ0) is 12.8. The van der Waals surface area contributed by atoms with Crippen LogP contribution in [0.5, 0.6) is 5.88 Å². The molecule has 1 aliphatic heterocycles. The summed E-state index contributed by atoms with van der Waals surface area (Å²) in [7, 11) is 0. The van der Waals surface area contributed by atoms with Gasteiger partial charge in [-0.15, -0.1) is 0 Å². The second kappa shape index (κ2) is 6.20. The first kappa shape index (κ1) is 12.6. The number of oxime groups is 1. The van der Waals surface area contributed by atoms with Crippen molar-refractivity contribution in [2.75, 3.05) is 19.8 Å². The van der Waals surface area contributed by atoms with Crippen molar-refractivity contribution in [2.24, 2.45) is 16.8 Å². The number of hydrogen-bond donors (Lipinski definition) is 2. The molecule has 0 spiro atoms. The normalized spacial score (nSPS) is 17.7. The highest BCUT2D eigenvalue weighted by atomic mass is 16.5. The fourth-order valence-electron chi connectivity index (χ4n) is 1.81. The first-order chi connectivity index (χ1) is 8.79. The number of amidine groups is 1. The molecule has 18 heavy (non-hydrogen) atoms. The van der Waals surface area contributed by atoms with E-state index in [0.29, 0.717) is 24.1 Å². The van der Waals surface area contributed by atoms with Crippen molar-refractivity contribution in [3.05, 3.63) is 23.9 Å². The summed E-state index contributed by atoms with van der Waals surface area (Å²) in [5, 5.41) is 11.5. The van der Waals surface area contributed by atoms with E-state index in [1.54, 1.807) is 18.2 Å². The van der Waals surface area contributed by atoms with Crippen LogP contribution >= 0.6 is 0 Å². The number of rotatable bonds is 4. The van der Waals surface area contributed by atoms with Crippen LogP contribution in [0.2, 0.25) is 0 Å². The van der Waals surface area contributed by atoms with Crippen LogP contribution in [0.25, 0.3) is 0 Å². The first-order valence-electron chi connectivity index (χ1n) is 5.95. The van der Waals surface area contributed by atoms with E-state index >= 15 is 0 Å². The fourth-order valence-corrected chi connectivity index (χ4v) is 1.81. The summed E-state index contributed by atoms with van der Waals surface area (Å²) in [4.78, 5) is 4.16. The van der Waals surface area contributed by atoms with Crippen molar-refractivity contribution in [3.63, 3.8) is 0 Å². The largest absolute Gasteiger partial charge is 0.477 e. The SMILES string of the molecule is NC(=NO)c1cccc(OCC2CCOCC2)n1. The Kier molecular flexibility index (Phi) is 4.35. The lowest BCUT2D eigenvalue weighted by atomic mass is 10.0. The third-order valence-corrected chi connectivity index (χ3v) is 2.90. The van der Waals surface area contributed by atoms with E-state index in [1.807, 2.05) is 0 Å². The minimum absolute atomic E-state index is 0.0217. The Balaban J connectivity index is 1.92. The molecule has 1 saturated heterocycles. The van der Waals surface area contributed by atoms with E-state index in [4.69, 9.17) is 20.4 Å². The van der Waals surface area contributed by atoms with E-state index in [2.05, 4.69) is 10.1 Å². The first-order valence-corrected chi connectivity index (χ1v) is 5.95. The van der Waals surface area contributed by atoms with Gasteiger partial charge in [0.05, 0.1) is 6.61 Å². The maximum absolute atomic E-state index is 8.58. The van der Waals surface area contributed by atoms with Crippen LogP contribution in [-0.4, -0.2) is 35.8 Å². The lowest BCUT2D eigenvalue weighted by molar-refractivity contribution is 0.0490. The molecule has 2 heterocycles. The average molecular weight is 251 g/mol. The van der Waals surface area contributed by atoms with Gasteiger partial charge in [0.1, 0.15) is 5.69 Å². The monoisotopic (exact) mass is 251 g/mol. The van der Waals surface area contributed by atoms with Gasteiger partial charge in [-0.1, -0.05) is 11.2 Å². The van der Waals surface area contributed by atoms with Crippen molar-refractivity contribution in [2.45, 2.75) is 12.8 Å². The Morgan fingerprint density at radius 1 is 1.50 bits per heavy atom. The summed E-state index contributed by atoms with van der Waals surface area (Å²) in [6.45, 7) is 2.22. The van der Waals surface area contributed by atoms with E-state index in [0.717, 1.165) is 26.1 Å². The highest BCUT2D eigenvalue weighted by Crippen LogP contribution is 2.16. The Labute approximate surface area is 105 Å². The number of nitrogens with zero attached hydrogens (tertiary/aromatic N) is 2. The Bertz CT molecular complexity index is 417. The van der Waals surface area contributed by atoms with Crippen molar-refractivity contribution in [1.82, 2.24) is 4.98 Å². The molecule has 6 heteroatoms. The highest BCUT2D eigenvalue weighted by molar-refractivity contribution is 5.95. The summed E-state index contributed by atoms with van der Waals surface area (Å²) in [5.41, 5.74) is 5.87. The predicted molar refractivity (Wildman–Crippen MR) is 65.8 cm³/mol. The molecule has 3 N–H and O–H groups in total. The topological polar surface area (TPSA) is 90.0 Å². The molecule has 1 aromatic rings. The fraction of sp³-hybridized carbons (Fsp3) is 0.500. The maximum Gasteiger partial charge on any atom is 0.213 e. The molecule has 1 aliphatic rings. The van der Waals surface area contributed by atoms with E-state index in [1.165, 1.54) is 0 Å². The van der Waals surface area contributed by atoms with E-state index < -0.39 is 0 Å². The Morgan fingerprint density at radius 3 is 3.00 bits per heavy atom. The summed E-state index contributed by atoms with van der Waals surface area (Å²) in [5.74, 6) is 0.977. The number of nitrogens with two attached hydrogens (primary N) is 1. The number of hydrogen-bond acceptors (Lipinski definition) is 5. The molecule has 0 aliphatic carbocycles. The van der Waals surface area contributed by atoms with Gasteiger partial charge in [0.2, 0.25) is 5.88 Å². The molecule has 1 fully saturated rings. The molecule has 6 nitrogen and oxygen atoms in total. The Morgan fingerprint density at radius 2 is 2.28 bits per heavy atom. The zero-order valence-corrected chi connectivity index (χ0v) is 10.1. The summed E-state index contributed by atoms with van der Waals surface area (Å²) >= 11 is 0. The zero-order valence-electron chi connectivity index (χ0n) is 10.1. The second-order valence-electron chi connectivity index (χ2n) is 4.21. The van der Waals surface area contributed by atoms with Crippen LogP contribution < -0.4 is 10.5 Å². The molecule has 0 atom stereocenters. The van der Waals surface area contributed by atoms with Gasteiger partial charge in [-0.2, -0.15) is 0 Å². The summed E-state index contributed by atoms with van der Waals surface area (Å²) in [6, 6.07) is 5.18. The van der Waals surface area contributed by atoms with Crippen molar-refractivity contribution >= 4 is 5.84 Å². The lowest BCUT2D eigenvalue weighted by Crippen LogP contribution is -2.22. The molecular weight excluding hydrogens is 234 g/mol. The maximum atomic E-state index is 8.58. The number of aromatic nitrogens is 1. The van der Waals surface area contributed by atoms with Crippen LogP contribution in [0.4, 0.5) is 0 Å². The third-order valence-electron chi connectivity index (χ3n) is 2.90. The molecule has 0 amide bonds. The standard InChI is InChI=1S/C12H17N3O3/c13-12(15-16)10-2-1-3-11(14-10)18-8-9-4-6-17-7-5-9/h1-3,9,16H,4-8H2,(H2,13,15). The molecule has 98 valence electrons. The highest BCUT2D eigenvalue weighted by Gasteiger charge is 2.14. The minimum Gasteiger partial charge on any atom is -0.477 e. The van der Waals surface area contributed by atoms with Crippen LogP contribution in [0.1, 0.15) is 18.5 Å². The number of pyridine rings is 1. The molecule has 0 bridgehead atoms. The van der Waals surface area contributed by atoms with Crippen LogP contribution in [0, 0.1) is 5.92 Å². The van der Waals surface area contributed by atoms with Gasteiger partial charge in [-0.05, 0) is 24.8 Å². The van der Waals surface area contributed by atoms with Gasteiger partial charge in [0.15, 0.2) is 5.84 Å². The van der Waals surface area contributed by atoms with E-state index in [9.17, 15) is 0 Å². The van der Waals surface area contributed by atoms with Crippen LogP contribution in [0.15, 0.2) is 23.4 Å². The molecule has 0 saturated carbocycles. The summed E-state index contributed by atoms with van der Waals surface area (Å²) < 4.78 is 10.9. The Hall–Kier alpha value is -1.82. The van der Waals surface area contributed by atoms with Gasteiger partial charge in [-0.3, -0.25) is 0 Å². The van der Waals surface area contributed by atoms with Crippen LogP contribution in [-0.2, 0) is 4.74 Å². The molecule has 2 rings (SSSR count). The van der Waals surface area contributed by atoms with Gasteiger partial charge >= 0.3 is 0 Å². The predicted octanol–water partition coefficient (Wildman–Crippen LogP) is 0.981. The lowest BCUT2D eigenvalue weighted by Gasteiger charge is -2.21. The second-order valence-corrected chi connectivity index (χ2v) is 4.21. The quantitative estimate of drug-likeness (QED) is 0.360. The van der Waals surface area contributed by atoms with Gasteiger partial charge in [0, 0.05) is 19.3 Å². The minimum atomic E-state index is -0.0217. The summed E-state index contributed by atoms with van der Waals surface area (Å²) in [6.07, 6.45) is 2.03. The molecule has 0 radical (unpaired) electrons.